The summed E-state index contributed by atoms with van der Waals surface area (Å²) in [6.45, 7) is 0.103. The molecule has 232 valence electrons. The number of carboxylic acid groups (broad SMARTS) is 1. The number of alkyl halides is 5. The van der Waals surface area contributed by atoms with Crippen LogP contribution in [0.4, 0.5) is 27.6 Å². The Morgan fingerprint density at radius 3 is 2.34 bits per heavy atom. The summed E-state index contributed by atoms with van der Waals surface area (Å²) in [5, 5.41) is 11.9. The number of rotatable bonds is 9. The van der Waals surface area contributed by atoms with Gasteiger partial charge in [0.1, 0.15) is 23.1 Å². The molecule has 0 spiro atoms. The zero-order valence-electron chi connectivity index (χ0n) is 22.8. The van der Waals surface area contributed by atoms with Gasteiger partial charge in [-0.3, -0.25) is 9.59 Å². The largest absolute Gasteiger partial charge is 0.481 e. The topological polar surface area (TPSA) is 105 Å². The Hall–Kier alpha value is -3.97. The molecule has 2 N–H and O–H groups in total. The summed E-state index contributed by atoms with van der Waals surface area (Å²) in [6, 6.07) is 15.7. The van der Waals surface area contributed by atoms with Crippen molar-refractivity contribution in [1.82, 2.24) is 5.32 Å². The summed E-state index contributed by atoms with van der Waals surface area (Å²) >= 11 is 6.67. The molecule has 3 aromatic carbocycles. The molecule has 0 saturated heterocycles. The highest BCUT2D eigenvalue weighted by Gasteiger charge is 2.54. The van der Waals surface area contributed by atoms with Crippen LogP contribution in [0.25, 0.3) is 11.1 Å². The van der Waals surface area contributed by atoms with Crippen molar-refractivity contribution in [2.45, 2.75) is 36.4 Å². The van der Waals surface area contributed by atoms with Gasteiger partial charge in [-0.2, -0.15) is 13.2 Å². The first-order valence-electron chi connectivity index (χ1n) is 13.1. The van der Waals surface area contributed by atoms with Gasteiger partial charge in [-0.05, 0) is 41.8 Å². The number of aliphatic imine (C=N–C) groups is 1. The molecule has 1 aliphatic rings. The minimum absolute atomic E-state index is 0.0104. The molecule has 1 aliphatic heterocycles. The minimum atomic E-state index is -5.04. The average Bonchev–Trinajstić information content (AvgIpc) is 2.99. The fraction of sp³-hybridized carbons (Fsp3) is 0.267. The maximum absolute atomic E-state index is 15.8. The summed E-state index contributed by atoms with van der Waals surface area (Å²) < 4.78 is 71.4. The molecule has 1 amide bonds. The third kappa shape index (κ3) is 6.88. The highest BCUT2D eigenvalue weighted by molar-refractivity contribution is 8.15. The quantitative estimate of drug-likeness (QED) is 0.144. The highest BCUT2D eigenvalue weighted by Crippen LogP contribution is 2.51. The highest BCUT2D eigenvalue weighted by atomic mass is 35.5. The number of nitrogens with zero attached hydrogens (tertiary/aromatic N) is 1. The molecule has 0 fully saturated rings. The second-order valence-corrected chi connectivity index (χ2v) is 11.6. The average molecular weight is 655 g/mol. The number of hydrogen-bond acceptors (Lipinski definition) is 6. The lowest BCUT2D eigenvalue weighted by Gasteiger charge is -2.41. The van der Waals surface area contributed by atoms with Crippen molar-refractivity contribution in [3.05, 3.63) is 89.2 Å². The molecule has 0 bridgehead atoms. The van der Waals surface area contributed by atoms with Crippen molar-refractivity contribution in [3.63, 3.8) is 0 Å². The predicted octanol–water partition coefficient (Wildman–Crippen LogP) is 7.15. The van der Waals surface area contributed by atoms with E-state index in [9.17, 15) is 37.1 Å². The number of benzene rings is 3. The summed E-state index contributed by atoms with van der Waals surface area (Å²) in [4.78, 5) is 41.5. The maximum Gasteiger partial charge on any atom is 0.471 e. The Labute approximate surface area is 257 Å². The van der Waals surface area contributed by atoms with E-state index < -0.39 is 59.3 Å². The number of ether oxygens (including phenoxy) is 1. The van der Waals surface area contributed by atoms with Gasteiger partial charge in [0.25, 0.3) is 0 Å². The van der Waals surface area contributed by atoms with Crippen LogP contribution in [0.15, 0.2) is 71.7 Å². The number of amides is 1. The van der Waals surface area contributed by atoms with Crippen LogP contribution in [0.3, 0.4) is 0 Å². The first-order valence-corrected chi connectivity index (χ1v) is 14.4. The first-order chi connectivity index (χ1) is 20.8. The molecule has 0 radical (unpaired) electrons. The Kier molecular flexibility index (Phi) is 9.99. The third-order valence-corrected chi connectivity index (χ3v) is 8.22. The number of hydrogen-bond donors (Lipinski definition) is 2. The first kappa shape index (κ1) is 32.9. The van der Waals surface area contributed by atoms with Crippen LogP contribution in [0.1, 0.15) is 34.8 Å². The Morgan fingerprint density at radius 2 is 1.77 bits per heavy atom. The molecular formula is C30H24ClF5N2O5S. The molecule has 7 nitrogen and oxygen atoms in total. The Balaban J connectivity index is 1.80. The lowest BCUT2D eigenvalue weighted by Crippen LogP contribution is -2.48. The standard InChI is InChI=1S/C30H24ClF5N2O5S/c1-2-29(43-27(41)18-6-4-3-5-7-18)20-13-21(33)19(12-22(20)38-25(24(29)26(39)40)44-23(31)14-32)17-10-8-16(9-11-17)15-37-28(42)30(34,35)36/h3-13,23-24H,2,14-15H2,1H3,(H,37,42)(H,39,40). The zero-order valence-corrected chi connectivity index (χ0v) is 24.4. The second kappa shape index (κ2) is 13.3. The van der Waals surface area contributed by atoms with E-state index >= 15 is 4.39 Å². The number of thioether (sulfide) groups is 1. The van der Waals surface area contributed by atoms with Crippen molar-refractivity contribution in [3.8, 4) is 11.1 Å². The fourth-order valence-electron chi connectivity index (χ4n) is 4.78. The van der Waals surface area contributed by atoms with Crippen LogP contribution in [0.5, 0.6) is 0 Å². The van der Waals surface area contributed by atoms with Crippen LogP contribution >= 0.6 is 23.4 Å². The SMILES string of the molecule is CCC1(OC(=O)c2ccccc2)c2cc(F)c(-c3ccc(CNC(=O)C(F)(F)F)cc3)cc2N=C(SC(Cl)CF)C1C(=O)O. The Morgan fingerprint density at radius 1 is 1.11 bits per heavy atom. The number of carboxylic acids is 1. The number of esters is 1. The van der Waals surface area contributed by atoms with E-state index in [0.717, 1.165) is 6.07 Å². The van der Waals surface area contributed by atoms with E-state index in [4.69, 9.17) is 16.3 Å². The summed E-state index contributed by atoms with van der Waals surface area (Å²) in [7, 11) is 0. The number of aliphatic carboxylic acids is 1. The molecule has 3 unspecified atom stereocenters. The minimum Gasteiger partial charge on any atom is -0.481 e. The molecule has 0 aromatic heterocycles. The number of fused-ring (bicyclic) bond motifs is 1. The monoisotopic (exact) mass is 654 g/mol. The molecule has 0 aliphatic carbocycles. The molecule has 4 rings (SSSR count). The lowest BCUT2D eigenvalue weighted by molar-refractivity contribution is -0.173. The van der Waals surface area contributed by atoms with Gasteiger partial charge in [-0.15, -0.1) is 11.6 Å². The summed E-state index contributed by atoms with van der Waals surface area (Å²) in [6.07, 6.45) is -5.17. The van der Waals surface area contributed by atoms with E-state index in [1.54, 1.807) is 30.4 Å². The van der Waals surface area contributed by atoms with E-state index in [0.29, 0.717) is 17.3 Å². The van der Waals surface area contributed by atoms with Crippen LogP contribution in [-0.2, 0) is 26.5 Å². The number of carbonyl (C=O) groups excluding carboxylic acids is 2. The van der Waals surface area contributed by atoms with Crippen molar-refractivity contribution in [2.75, 3.05) is 6.67 Å². The second-order valence-electron chi connectivity index (χ2n) is 9.63. The lowest BCUT2D eigenvalue weighted by atomic mass is 9.76. The van der Waals surface area contributed by atoms with E-state index in [1.165, 1.54) is 42.5 Å². The Bertz CT molecular complexity index is 1590. The van der Waals surface area contributed by atoms with Crippen molar-refractivity contribution in [1.29, 1.82) is 0 Å². The van der Waals surface area contributed by atoms with E-state index in [2.05, 4.69) is 4.99 Å². The number of nitrogens with one attached hydrogen (secondary N) is 1. The zero-order chi connectivity index (χ0) is 32.2. The molecule has 3 aromatic rings. The van der Waals surface area contributed by atoms with Crippen LogP contribution in [0, 0.1) is 11.7 Å². The molecule has 44 heavy (non-hydrogen) atoms. The van der Waals surface area contributed by atoms with Gasteiger partial charge in [-0.25, -0.2) is 18.6 Å². The van der Waals surface area contributed by atoms with Gasteiger partial charge in [-0.1, -0.05) is 61.2 Å². The van der Waals surface area contributed by atoms with E-state index in [-0.39, 0.29) is 39.4 Å². The van der Waals surface area contributed by atoms with E-state index in [1.807, 2.05) is 0 Å². The van der Waals surface area contributed by atoms with Crippen LogP contribution < -0.4 is 5.32 Å². The van der Waals surface area contributed by atoms with Gasteiger partial charge in [0.2, 0.25) is 0 Å². The van der Waals surface area contributed by atoms with Crippen molar-refractivity contribution >= 4 is 51.9 Å². The smallest absolute Gasteiger partial charge is 0.471 e. The van der Waals surface area contributed by atoms with Gasteiger partial charge >= 0.3 is 24.0 Å². The third-order valence-electron chi connectivity index (χ3n) is 6.89. The molecule has 1 heterocycles. The predicted molar refractivity (Wildman–Crippen MR) is 155 cm³/mol. The molecular weight excluding hydrogens is 631 g/mol. The number of carbonyl (C=O) groups is 3. The van der Waals surface area contributed by atoms with Crippen LogP contribution in [0.2, 0.25) is 0 Å². The normalized spacial score (nSPS) is 18.5. The van der Waals surface area contributed by atoms with Gasteiger partial charge in [0.15, 0.2) is 5.60 Å². The summed E-state index contributed by atoms with van der Waals surface area (Å²) in [5.74, 6) is -6.91. The molecule has 3 atom stereocenters. The van der Waals surface area contributed by atoms with Crippen LogP contribution in [-0.4, -0.2) is 45.6 Å². The molecule has 14 heteroatoms. The van der Waals surface area contributed by atoms with Gasteiger partial charge in [0.05, 0.1) is 16.3 Å². The fourth-order valence-corrected chi connectivity index (χ4v) is 5.96. The van der Waals surface area contributed by atoms with Gasteiger partial charge < -0.3 is 15.2 Å². The van der Waals surface area contributed by atoms with Crippen molar-refractivity contribution in [2.24, 2.45) is 10.9 Å². The summed E-state index contributed by atoms with van der Waals surface area (Å²) in [5.41, 5.74) is -1.25. The van der Waals surface area contributed by atoms with Gasteiger partial charge in [0, 0.05) is 17.7 Å². The van der Waals surface area contributed by atoms with Crippen molar-refractivity contribution < 1.29 is 46.2 Å². The number of halogens is 6. The maximum atomic E-state index is 15.8. The molecule has 0 saturated carbocycles.